The van der Waals surface area contributed by atoms with Crippen molar-refractivity contribution < 1.29 is 23.6 Å². The molecule has 0 aliphatic carbocycles. The van der Waals surface area contributed by atoms with Crippen molar-refractivity contribution in [2.75, 3.05) is 18.4 Å². The molecule has 9 heteroatoms. The number of carbonyl (C=O) groups excluding carboxylic acids is 2. The minimum absolute atomic E-state index is 0.132. The topological polar surface area (TPSA) is 102 Å². The monoisotopic (exact) mass is 367 g/mol. The highest BCUT2D eigenvalue weighted by Crippen LogP contribution is 2.24. The van der Waals surface area contributed by atoms with Gasteiger partial charge in [0, 0.05) is 30.9 Å². The summed E-state index contributed by atoms with van der Waals surface area (Å²) >= 11 is 0. The van der Waals surface area contributed by atoms with E-state index in [0.717, 1.165) is 12.1 Å². The molecule has 1 aromatic carbocycles. The van der Waals surface area contributed by atoms with Crippen LogP contribution < -0.4 is 5.32 Å². The number of rotatable bonds is 3. The van der Waals surface area contributed by atoms with Crippen molar-refractivity contribution in [1.29, 1.82) is 0 Å². The third-order valence-corrected chi connectivity index (χ3v) is 3.86. The average Bonchev–Trinajstić information content (AvgIpc) is 2.53. The number of ether oxygens (including phenoxy) is 1. The summed E-state index contributed by atoms with van der Waals surface area (Å²) in [7, 11) is 0. The summed E-state index contributed by atoms with van der Waals surface area (Å²) in [5, 5.41) is 13.2. The maximum Gasteiger partial charge on any atom is 0.410 e. The standard InChI is InChI=1S/C17H22FN3O5/c1-17(2,3)26-16(23)20-8-4-5-11(10-20)15(22)19-12-6-7-14(21(24)25)13(18)9-12/h6-7,9,11H,4-5,8,10H2,1-3H3,(H,19,22). The van der Waals surface area contributed by atoms with Crippen LogP contribution in [0, 0.1) is 21.8 Å². The molecule has 8 nitrogen and oxygen atoms in total. The Hall–Kier alpha value is -2.71. The van der Waals surface area contributed by atoms with Crippen LogP contribution in [0.1, 0.15) is 33.6 Å². The van der Waals surface area contributed by atoms with E-state index in [4.69, 9.17) is 4.74 Å². The zero-order chi connectivity index (χ0) is 19.5. The molecular weight excluding hydrogens is 345 g/mol. The van der Waals surface area contributed by atoms with Gasteiger partial charge in [-0.15, -0.1) is 0 Å². The number of hydrogen-bond acceptors (Lipinski definition) is 5. The number of hydrogen-bond donors (Lipinski definition) is 1. The predicted molar refractivity (Wildman–Crippen MR) is 92.2 cm³/mol. The molecule has 1 N–H and O–H groups in total. The van der Waals surface area contributed by atoms with Gasteiger partial charge in [-0.2, -0.15) is 4.39 Å². The molecule has 1 heterocycles. The number of piperidine rings is 1. The van der Waals surface area contributed by atoms with Gasteiger partial charge in [-0.05, 0) is 39.7 Å². The summed E-state index contributed by atoms with van der Waals surface area (Å²) in [5.41, 5.74) is -1.15. The molecule has 1 fully saturated rings. The third-order valence-electron chi connectivity index (χ3n) is 3.86. The summed E-state index contributed by atoms with van der Waals surface area (Å²) < 4.78 is 19.0. The van der Waals surface area contributed by atoms with E-state index >= 15 is 0 Å². The molecule has 1 aromatic rings. The van der Waals surface area contributed by atoms with Gasteiger partial charge in [0.15, 0.2) is 0 Å². The number of carbonyl (C=O) groups is 2. The Morgan fingerprint density at radius 2 is 2.08 bits per heavy atom. The zero-order valence-corrected chi connectivity index (χ0v) is 15.0. The van der Waals surface area contributed by atoms with Crippen LogP contribution in [0.3, 0.4) is 0 Å². The van der Waals surface area contributed by atoms with Crippen molar-refractivity contribution in [2.24, 2.45) is 5.92 Å². The van der Waals surface area contributed by atoms with Gasteiger partial charge >= 0.3 is 11.8 Å². The van der Waals surface area contributed by atoms with E-state index < -0.39 is 34.0 Å². The van der Waals surface area contributed by atoms with Crippen LogP contribution in [0.5, 0.6) is 0 Å². The van der Waals surface area contributed by atoms with Crippen molar-refractivity contribution in [3.05, 3.63) is 34.1 Å². The van der Waals surface area contributed by atoms with Gasteiger partial charge in [0.25, 0.3) is 0 Å². The van der Waals surface area contributed by atoms with Gasteiger partial charge in [-0.1, -0.05) is 0 Å². The second kappa shape index (κ2) is 7.67. The molecular formula is C17H22FN3O5. The Morgan fingerprint density at radius 1 is 1.38 bits per heavy atom. The van der Waals surface area contributed by atoms with Gasteiger partial charge in [-0.3, -0.25) is 14.9 Å². The summed E-state index contributed by atoms with van der Waals surface area (Å²) in [4.78, 5) is 35.8. The molecule has 0 spiro atoms. The first-order valence-corrected chi connectivity index (χ1v) is 8.29. The first kappa shape index (κ1) is 19.6. The van der Waals surface area contributed by atoms with Crippen molar-refractivity contribution >= 4 is 23.4 Å². The van der Waals surface area contributed by atoms with E-state index in [-0.39, 0.29) is 18.1 Å². The molecule has 1 unspecified atom stereocenters. The molecule has 26 heavy (non-hydrogen) atoms. The van der Waals surface area contributed by atoms with Crippen LogP contribution in [-0.2, 0) is 9.53 Å². The molecule has 1 aliphatic heterocycles. The van der Waals surface area contributed by atoms with E-state index in [1.54, 1.807) is 20.8 Å². The van der Waals surface area contributed by atoms with Gasteiger partial charge in [0.1, 0.15) is 5.60 Å². The normalized spacial score (nSPS) is 17.5. The maximum absolute atomic E-state index is 13.7. The SMILES string of the molecule is CC(C)(C)OC(=O)N1CCCC(C(=O)Nc2ccc([N+](=O)[O-])c(F)c2)C1. The molecule has 1 aliphatic rings. The van der Waals surface area contributed by atoms with Crippen LogP contribution in [0.2, 0.25) is 0 Å². The van der Waals surface area contributed by atoms with E-state index in [0.29, 0.717) is 19.4 Å². The first-order valence-electron chi connectivity index (χ1n) is 8.29. The molecule has 0 radical (unpaired) electrons. The second-order valence-electron chi connectivity index (χ2n) is 7.18. The number of nitro groups is 1. The van der Waals surface area contributed by atoms with Crippen molar-refractivity contribution in [3.63, 3.8) is 0 Å². The summed E-state index contributed by atoms with van der Waals surface area (Å²) in [6, 6.07) is 3.18. The Bertz CT molecular complexity index is 717. The summed E-state index contributed by atoms with van der Waals surface area (Å²) in [6.07, 6.45) is 0.753. The molecule has 0 aromatic heterocycles. The lowest BCUT2D eigenvalue weighted by Crippen LogP contribution is -2.45. The summed E-state index contributed by atoms with van der Waals surface area (Å²) in [6.45, 7) is 6.01. The average molecular weight is 367 g/mol. The van der Waals surface area contributed by atoms with E-state index in [1.165, 1.54) is 11.0 Å². The Kier molecular flexibility index (Phi) is 5.79. The zero-order valence-electron chi connectivity index (χ0n) is 15.0. The highest BCUT2D eigenvalue weighted by molar-refractivity contribution is 5.93. The van der Waals surface area contributed by atoms with E-state index in [9.17, 15) is 24.1 Å². The van der Waals surface area contributed by atoms with Crippen molar-refractivity contribution in [2.45, 2.75) is 39.2 Å². The first-order chi connectivity index (χ1) is 12.1. The van der Waals surface area contributed by atoms with Gasteiger partial charge < -0.3 is 15.0 Å². The van der Waals surface area contributed by atoms with Gasteiger partial charge in [0.05, 0.1) is 10.8 Å². The molecule has 2 rings (SSSR count). The third kappa shape index (κ3) is 5.14. The maximum atomic E-state index is 13.7. The van der Waals surface area contributed by atoms with E-state index in [1.807, 2.05) is 0 Å². The van der Waals surface area contributed by atoms with Crippen LogP contribution in [0.25, 0.3) is 0 Å². The van der Waals surface area contributed by atoms with Crippen molar-refractivity contribution in [1.82, 2.24) is 4.90 Å². The smallest absolute Gasteiger partial charge is 0.410 e. The number of nitro benzene ring substituents is 1. The Balaban J connectivity index is 2.00. The van der Waals surface area contributed by atoms with Crippen LogP contribution >= 0.6 is 0 Å². The molecule has 0 bridgehead atoms. The Labute approximate surface area is 150 Å². The van der Waals surface area contributed by atoms with Crippen LogP contribution in [0.4, 0.5) is 20.6 Å². The van der Waals surface area contributed by atoms with Crippen LogP contribution in [-0.4, -0.2) is 40.5 Å². The quantitative estimate of drug-likeness (QED) is 0.652. The van der Waals surface area contributed by atoms with Crippen molar-refractivity contribution in [3.8, 4) is 0 Å². The molecule has 142 valence electrons. The highest BCUT2D eigenvalue weighted by atomic mass is 19.1. The number of amides is 2. The molecule has 0 saturated carbocycles. The number of benzene rings is 1. The molecule has 1 atom stereocenters. The number of anilines is 1. The number of nitrogens with zero attached hydrogens (tertiary/aromatic N) is 2. The summed E-state index contributed by atoms with van der Waals surface area (Å²) in [5.74, 6) is -1.85. The lowest BCUT2D eigenvalue weighted by Gasteiger charge is -2.33. The Morgan fingerprint density at radius 3 is 2.65 bits per heavy atom. The number of halogens is 1. The second-order valence-corrected chi connectivity index (χ2v) is 7.18. The number of likely N-dealkylation sites (tertiary alicyclic amines) is 1. The van der Waals surface area contributed by atoms with Crippen LogP contribution in [0.15, 0.2) is 18.2 Å². The molecule has 1 saturated heterocycles. The molecule has 2 amide bonds. The fourth-order valence-corrected chi connectivity index (χ4v) is 2.66. The fourth-order valence-electron chi connectivity index (χ4n) is 2.66. The van der Waals surface area contributed by atoms with Gasteiger partial charge in [-0.25, -0.2) is 4.79 Å². The minimum atomic E-state index is -1.02. The number of nitrogens with one attached hydrogen (secondary N) is 1. The lowest BCUT2D eigenvalue weighted by molar-refractivity contribution is -0.387. The van der Waals surface area contributed by atoms with E-state index in [2.05, 4.69) is 5.32 Å². The van der Waals surface area contributed by atoms with Gasteiger partial charge in [0.2, 0.25) is 11.7 Å². The predicted octanol–water partition coefficient (Wildman–Crippen LogP) is 3.32. The minimum Gasteiger partial charge on any atom is -0.444 e. The largest absolute Gasteiger partial charge is 0.444 e. The fraction of sp³-hybridized carbons (Fsp3) is 0.529. The highest BCUT2D eigenvalue weighted by Gasteiger charge is 2.31. The lowest BCUT2D eigenvalue weighted by atomic mass is 9.97.